The van der Waals surface area contributed by atoms with Crippen LogP contribution in [0.25, 0.3) is 11.3 Å². The quantitative estimate of drug-likeness (QED) is 0.636. The summed E-state index contributed by atoms with van der Waals surface area (Å²) in [7, 11) is 1.53. The molecule has 0 atom stereocenters. The molecule has 0 radical (unpaired) electrons. The fourth-order valence-electron chi connectivity index (χ4n) is 4.07. The Kier molecular flexibility index (Phi) is 5.79. The molecular formula is C23H26N4O3. The molecule has 0 saturated carbocycles. The Balaban J connectivity index is 1.48. The molecule has 1 aliphatic rings. The number of rotatable bonds is 5. The molecule has 4 heterocycles. The molecule has 0 spiro atoms. The van der Waals surface area contributed by atoms with Crippen molar-refractivity contribution in [3.63, 3.8) is 0 Å². The lowest BCUT2D eigenvalue weighted by atomic mass is 9.92. The lowest BCUT2D eigenvalue weighted by molar-refractivity contribution is 0.0708. The van der Waals surface area contributed by atoms with Gasteiger partial charge in [-0.3, -0.25) is 9.78 Å². The van der Waals surface area contributed by atoms with Crippen molar-refractivity contribution in [3.05, 3.63) is 59.2 Å². The van der Waals surface area contributed by atoms with Gasteiger partial charge in [-0.05, 0) is 44.0 Å². The van der Waals surface area contributed by atoms with E-state index >= 15 is 0 Å². The van der Waals surface area contributed by atoms with E-state index in [1.54, 1.807) is 18.3 Å². The van der Waals surface area contributed by atoms with Crippen molar-refractivity contribution in [1.82, 2.24) is 20.0 Å². The van der Waals surface area contributed by atoms with E-state index in [9.17, 15) is 4.79 Å². The molecule has 1 fully saturated rings. The van der Waals surface area contributed by atoms with Gasteiger partial charge in [-0.1, -0.05) is 18.1 Å². The third kappa shape index (κ3) is 3.79. The van der Waals surface area contributed by atoms with Crippen molar-refractivity contribution < 1.29 is 14.1 Å². The number of piperidine rings is 1. The minimum atomic E-state index is -0.0345. The number of nitrogens with zero attached hydrogens (tertiary/aromatic N) is 4. The van der Waals surface area contributed by atoms with Gasteiger partial charge >= 0.3 is 0 Å². The second-order valence-corrected chi connectivity index (χ2v) is 7.49. The molecule has 0 aromatic carbocycles. The number of amides is 1. The molecule has 30 heavy (non-hydrogen) atoms. The van der Waals surface area contributed by atoms with Gasteiger partial charge in [-0.15, -0.1) is 0 Å². The molecule has 0 unspecified atom stereocenters. The normalized spacial score (nSPS) is 14.7. The summed E-state index contributed by atoms with van der Waals surface area (Å²) < 4.78 is 10.7. The van der Waals surface area contributed by atoms with Gasteiger partial charge < -0.3 is 14.2 Å². The molecule has 1 aliphatic heterocycles. The van der Waals surface area contributed by atoms with Crippen molar-refractivity contribution in [2.75, 3.05) is 20.2 Å². The highest BCUT2D eigenvalue weighted by atomic mass is 16.5. The van der Waals surface area contributed by atoms with Crippen LogP contribution >= 0.6 is 0 Å². The largest absolute Gasteiger partial charge is 0.480 e. The van der Waals surface area contributed by atoms with E-state index < -0.39 is 0 Å². The SMILES string of the molecule is CCc1onc(C)c1-c1cccc(C2CCN(C(=O)c3cccnc3OC)CC2)n1. The van der Waals surface area contributed by atoms with E-state index in [-0.39, 0.29) is 5.91 Å². The average molecular weight is 406 g/mol. The van der Waals surface area contributed by atoms with E-state index in [2.05, 4.69) is 23.1 Å². The smallest absolute Gasteiger partial charge is 0.259 e. The summed E-state index contributed by atoms with van der Waals surface area (Å²) in [4.78, 5) is 23.9. The second-order valence-electron chi connectivity index (χ2n) is 7.49. The van der Waals surface area contributed by atoms with Crippen LogP contribution in [0.1, 0.15) is 53.2 Å². The minimum absolute atomic E-state index is 0.0345. The van der Waals surface area contributed by atoms with Crippen LogP contribution in [0.3, 0.4) is 0 Å². The fourth-order valence-corrected chi connectivity index (χ4v) is 4.07. The van der Waals surface area contributed by atoms with Crippen LogP contribution in [0.15, 0.2) is 41.1 Å². The van der Waals surface area contributed by atoms with Crippen LogP contribution in [0.4, 0.5) is 0 Å². The third-order valence-corrected chi connectivity index (χ3v) is 5.68. The predicted octanol–water partition coefficient (Wildman–Crippen LogP) is 4.03. The number of hydrogen-bond acceptors (Lipinski definition) is 6. The van der Waals surface area contributed by atoms with E-state index in [1.165, 1.54) is 7.11 Å². The summed E-state index contributed by atoms with van der Waals surface area (Å²) >= 11 is 0. The highest BCUT2D eigenvalue weighted by molar-refractivity contribution is 5.96. The molecule has 4 rings (SSSR count). The van der Waals surface area contributed by atoms with E-state index in [4.69, 9.17) is 14.2 Å². The first-order valence-corrected chi connectivity index (χ1v) is 10.3. The number of carbonyl (C=O) groups is 1. The standard InChI is InChI=1S/C23H26N4O3/c1-4-20-21(15(2)26-30-20)19-9-5-8-18(25-19)16-10-13-27(14-11-16)23(28)17-7-6-12-24-22(17)29-3/h5-9,12,16H,4,10-11,13-14H2,1-3H3. The van der Waals surface area contributed by atoms with Crippen molar-refractivity contribution in [3.8, 4) is 17.1 Å². The first-order chi connectivity index (χ1) is 14.6. The highest BCUT2D eigenvalue weighted by Crippen LogP contribution is 2.32. The van der Waals surface area contributed by atoms with Crippen LogP contribution in [-0.2, 0) is 6.42 Å². The Morgan fingerprint density at radius 3 is 2.77 bits per heavy atom. The molecule has 3 aromatic rings. The van der Waals surface area contributed by atoms with Crippen molar-refractivity contribution in [2.24, 2.45) is 0 Å². The summed E-state index contributed by atoms with van der Waals surface area (Å²) in [6.07, 6.45) is 4.14. The molecule has 3 aromatic heterocycles. The Morgan fingerprint density at radius 2 is 2.03 bits per heavy atom. The van der Waals surface area contributed by atoms with Gasteiger partial charge in [0.05, 0.1) is 24.1 Å². The Labute approximate surface area is 176 Å². The molecule has 1 amide bonds. The summed E-state index contributed by atoms with van der Waals surface area (Å²) in [6, 6.07) is 9.65. The number of aromatic nitrogens is 3. The molecule has 0 N–H and O–H groups in total. The van der Waals surface area contributed by atoms with E-state index in [0.29, 0.717) is 30.5 Å². The number of carbonyl (C=O) groups excluding carboxylic acids is 1. The van der Waals surface area contributed by atoms with E-state index in [1.807, 2.05) is 24.0 Å². The number of ether oxygens (including phenoxy) is 1. The summed E-state index contributed by atoms with van der Waals surface area (Å²) in [5, 5.41) is 4.10. The topological polar surface area (TPSA) is 81.4 Å². The maximum Gasteiger partial charge on any atom is 0.259 e. The summed E-state index contributed by atoms with van der Waals surface area (Å²) in [5.74, 6) is 1.51. The van der Waals surface area contributed by atoms with Crippen molar-refractivity contribution in [1.29, 1.82) is 0 Å². The predicted molar refractivity (Wildman–Crippen MR) is 113 cm³/mol. The number of hydrogen-bond donors (Lipinski definition) is 0. The molecule has 7 nitrogen and oxygen atoms in total. The lowest BCUT2D eigenvalue weighted by Gasteiger charge is -2.32. The van der Waals surface area contributed by atoms with Crippen LogP contribution in [0, 0.1) is 6.92 Å². The second kappa shape index (κ2) is 8.65. The first-order valence-electron chi connectivity index (χ1n) is 10.3. The van der Waals surface area contributed by atoms with Gasteiger partial charge in [-0.25, -0.2) is 4.98 Å². The van der Waals surface area contributed by atoms with Crippen LogP contribution in [0.5, 0.6) is 5.88 Å². The monoisotopic (exact) mass is 406 g/mol. The van der Waals surface area contributed by atoms with Gasteiger partial charge in [0.2, 0.25) is 5.88 Å². The molecule has 0 aliphatic carbocycles. The van der Waals surface area contributed by atoms with Gasteiger partial charge in [0.1, 0.15) is 11.3 Å². The van der Waals surface area contributed by atoms with Crippen LogP contribution in [0.2, 0.25) is 0 Å². The van der Waals surface area contributed by atoms with Gasteiger partial charge in [0, 0.05) is 37.3 Å². The molecule has 7 heteroatoms. The first kappa shape index (κ1) is 20.1. The zero-order valence-corrected chi connectivity index (χ0v) is 17.6. The Morgan fingerprint density at radius 1 is 1.23 bits per heavy atom. The average Bonchev–Trinajstić information content (AvgIpc) is 3.19. The summed E-state index contributed by atoms with van der Waals surface area (Å²) in [6.45, 7) is 5.36. The van der Waals surface area contributed by atoms with Crippen molar-refractivity contribution in [2.45, 2.75) is 39.0 Å². The van der Waals surface area contributed by atoms with Gasteiger partial charge in [-0.2, -0.15) is 0 Å². The van der Waals surface area contributed by atoms with Crippen molar-refractivity contribution >= 4 is 5.91 Å². The van der Waals surface area contributed by atoms with Crippen LogP contribution in [-0.4, -0.2) is 46.1 Å². The maximum atomic E-state index is 12.9. The number of methoxy groups -OCH3 is 1. The molecule has 0 bridgehead atoms. The van der Waals surface area contributed by atoms with Gasteiger partial charge in [0.25, 0.3) is 5.91 Å². The lowest BCUT2D eigenvalue weighted by Crippen LogP contribution is -2.38. The zero-order valence-electron chi connectivity index (χ0n) is 17.6. The Hall–Kier alpha value is -3.22. The summed E-state index contributed by atoms with van der Waals surface area (Å²) in [5.41, 5.74) is 4.33. The third-order valence-electron chi connectivity index (χ3n) is 5.68. The molecular weight excluding hydrogens is 380 g/mol. The van der Waals surface area contributed by atoms with E-state index in [0.717, 1.165) is 47.7 Å². The Bertz CT molecular complexity index is 1040. The molecule has 156 valence electrons. The van der Waals surface area contributed by atoms with Crippen LogP contribution < -0.4 is 4.74 Å². The number of likely N-dealkylation sites (tertiary alicyclic amines) is 1. The number of aryl methyl sites for hydroxylation is 2. The highest BCUT2D eigenvalue weighted by Gasteiger charge is 2.27. The maximum absolute atomic E-state index is 12.9. The number of pyridine rings is 2. The van der Waals surface area contributed by atoms with Gasteiger partial charge in [0.15, 0.2) is 0 Å². The fraction of sp³-hybridized carbons (Fsp3) is 0.391. The zero-order chi connectivity index (χ0) is 21.1. The molecule has 1 saturated heterocycles. The minimum Gasteiger partial charge on any atom is -0.480 e.